The summed E-state index contributed by atoms with van der Waals surface area (Å²) in [6.45, 7) is 8.84. The second kappa shape index (κ2) is 6.21. The summed E-state index contributed by atoms with van der Waals surface area (Å²) < 4.78 is 12.2. The Kier molecular flexibility index (Phi) is 3.64. The third-order valence-corrected chi connectivity index (χ3v) is 6.22. The minimum atomic E-state index is 0.00731. The van der Waals surface area contributed by atoms with Crippen LogP contribution in [0.3, 0.4) is 0 Å². The molecule has 0 N–H and O–H groups in total. The highest BCUT2D eigenvalue weighted by Crippen LogP contribution is 2.42. The number of fused-ring (bicyclic) bond motifs is 6. The SMILES string of the molecule is Cc1coc2c1ccc1oc3ccnc(-c4cc(C(C)(C)C)c5ccccc5c4)c3c12. The summed E-state index contributed by atoms with van der Waals surface area (Å²) in [7, 11) is 0. The molecule has 3 nitrogen and oxygen atoms in total. The quantitative estimate of drug-likeness (QED) is 0.277. The lowest BCUT2D eigenvalue weighted by Crippen LogP contribution is -2.12. The lowest BCUT2D eigenvalue weighted by Gasteiger charge is -2.22. The molecule has 3 aromatic carbocycles. The fourth-order valence-electron chi connectivity index (χ4n) is 4.71. The molecule has 0 aliphatic rings. The fourth-order valence-corrected chi connectivity index (χ4v) is 4.71. The molecule has 0 amide bonds. The maximum absolute atomic E-state index is 6.22. The average Bonchev–Trinajstić information content (AvgIpc) is 3.32. The first-order valence-corrected chi connectivity index (χ1v) is 10.6. The topological polar surface area (TPSA) is 39.2 Å². The van der Waals surface area contributed by atoms with E-state index < -0.39 is 0 Å². The number of nitrogens with zero attached hydrogens (tertiary/aromatic N) is 1. The maximum atomic E-state index is 6.22. The molecule has 3 aromatic heterocycles. The van der Waals surface area contributed by atoms with Crippen LogP contribution in [-0.4, -0.2) is 4.98 Å². The Hall–Kier alpha value is -3.59. The van der Waals surface area contributed by atoms with Gasteiger partial charge in [0.25, 0.3) is 0 Å². The molecule has 0 spiro atoms. The normalized spacial score (nSPS) is 12.5. The van der Waals surface area contributed by atoms with Crippen LogP contribution in [0.25, 0.3) is 54.9 Å². The van der Waals surface area contributed by atoms with Crippen LogP contribution < -0.4 is 0 Å². The van der Waals surface area contributed by atoms with Gasteiger partial charge in [0.2, 0.25) is 0 Å². The molecule has 31 heavy (non-hydrogen) atoms. The third kappa shape index (κ3) is 2.63. The highest BCUT2D eigenvalue weighted by atomic mass is 16.3. The Balaban J connectivity index is 1.76. The van der Waals surface area contributed by atoms with E-state index in [9.17, 15) is 0 Å². The Labute approximate surface area is 180 Å². The average molecular weight is 405 g/mol. The molecule has 0 fully saturated rings. The van der Waals surface area contributed by atoms with Crippen molar-refractivity contribution >= 4 is 43.7 Å². The fraction of sp³-hybridized carbons (Fsp3) is 0.179. The second-order valence-electron chi connectivity index (χ2n) is 9.36. The third-order valence-electron chi connectivity index (χ3n) is 6.22. The number of rotatable bonds is 1. The maximum Gasteiger partial charge on any atom is 0.145 e. The molecule has 0 aliphatic carbocycles. The molecule has 3 heterocycles. The molecule has 6 rings (SSSR count). The van der Waals surface area contributed by atoms with Gasteiger partial charge in [-0.25, -0.2) is 0 Å². The van der Waals surface area contributed by atoms with Crippen LogP contribution in [0.5, 0.6) is 0 Å². The van der Waals surface area contributed by atoms with E-state index in [1.807, 2.05) is 24.6 Å². The van der Waals surface area contributed by atoms with Crippen LogP contribution in [0.2, 0.25) is 0 Å². The first-order valence-electron chi connectivity index (χ1n) is 10.6. The zero-order chi connectivity index (χ0) is 21.3. The lowest BCUT2D eigenvalue weighted by molar-refractivity contribution is 0.596. The number of furan rings is 2. The van der Waals surface area contributed by atoms with Gasteiger partial charge < -0.3 is 8.83 Å². The van der Waals surface area contributed by atoms with Gasteiger partial charge in [-0.1, -0.05) is 45.0 Å². The second-order valence-corrected chi connectivity index (χ2v) is 9.36. The van der Waals surface area contributed by atoms with Crippen molar-refractivity contribution in [1.29, 1.82) is 0 Å². The summed E-state index contributed by atoms with van der Waals surface area (Å²) in [6, 6.07) is 19.1. The van der Waals surface area contributed by atoms with Crippen molar-refractivity contribution in [2.24, 2.45) is 0 Å². The molecule has 0 atom stereocenters. The number of aromatic nitrogens is 1. The van der Waals surface area contributed by atoms with Crippen molar-refractivity contribution in [3.05, 3.63) is 78.2 Å². The number of hydrogen-bond donors (Lipinski definition) is 0. The van der Waals surface area contributed by atoms with Gasteiger partial charge >= 0.3 is 0 Å². The van der Waals surface area contributed by atoms with Crippen LogP contribution in [0, 0.1) is 6.92 Å². The lowest BCUT2D eigenvalue weighted by atomic mass is 9.82. The van der Waals surface area contributed by atoms with Gasteiger partial charge in [0.05, 0.1) is 22.7 Å². The Bertz CT molecular complexity index is 1630. The highest BCUT2D eigenvalue weighted by molar-refractivity contribution is 6.21. The molecule has 3 heteroatoms. The van der Waals surface area contributed by atoms with Crippen molar-refractivity contribution in [3.8, 4) is 11.3 Å². The van der Waals surface area contributed by atoms with E-state index in [2.05, 4.69) is 70.2 Å². The number of aryl methyl sites for hydroxylation is 1. The van der Waals surface area contributed by atoms with Gasteiger partial charge in [-0.2, -0.15) is 0 Å². The molecule has 0 bridgehead atoms. The van der Waals surface area contributed by atoms with E-state index in [0.717, 1.165) is 49.7 Å². The molecular formula is C28H23NO2. The van der Waals surface area contributed by atoms with Gasteiger partial charge in [0.15, 0.2) is 0 Å². The van der Waals surface area contributed by atoms with Crippen LogP contribution in [-0.2, 0) is 5.41 Å². The van der Waals surface area contributed by atoms with Crippen molar-refractivity contribution in [1.82, 2.24) is 4.98 Å². The largest absolute Gasteiger partial charge is 0.463 e. The Morgan fingerprint density at radius 2 is 1.65 bits per heavy atom. The molecule has 152 valence electrons. The van der Waals surface area contributed by atoms with Crippen molar-refractivity contribution in [3.63, 3.8) is 0 Å². The van der Waals surface area contributed by atoms with Gasteiger partial charge in [-0.05, 0) is 64.6 Å². The Morgan fingerprint density at radius 3 is 2.48 bits per heavy atom. The first kappa shape index (κ1) is 18.2. The number of hydrogen-bond acceptors (Lipinski definition) is 3. The summed E-state index contributed by atoms with van der Waals surface area (Å²) in [6.07, 6.45) is 3.64. The van der Waals surface area contributed by atoms with Crippen LogP contribution in [0.15, 0.2) is 75.9 Å². The van der Waals surface area contributed by atoms with Crippen LogP contribution >= 0.6 is 0 Å². The summed E-state index contributed by atoms with van der Waals surface area (Å²) in [5.74, 6) is 0. The molecule has 6 aromatic rings. The predicted molar refractivity (Wildman–Crippen MR) is 128 cm³/mol. The summed E-state index contributed by atoms with van der Waals surface area (Å²) in [5.41, 5.74) is 6.97. The summed E-state index contributed by atoms with van der Waals surface area (Å²) in [4.78, 5) is 4.84. The van der Waals surface area contributed by atoms with Crippen LogP contribution in [0.1, 0.15) is 31.9 Å². The molecule has 0 aliphatic heterocycles. The van der Waals surface area contributed by atoms with Crippen molar-refractivity contribution in [2.75, 3.05) is 0 Å². The predicted octanol–water partition coefficient (Wildman–Crippen LogP) is 8.15. The molecule has 0 radical (unpaired) electrons. The van der Waals surface area contributed by atoms with E-state index in [0.29, 0.717) is 0 Å². The number of pyridine rings is 1. The van der Waals surface area contributed by atoms with Gasteiger partial charge in [0.1, 0.15) is 16.7 Å². The zero-order valence-electron chi connectivity index (χ0n) is 18.1. The van der Waals surface area contributed by atoms with Crippen molar-refractivity contribution < 1.29 is 8.83 Å². The van der Waals surface area contributed by atoms with E-state index in [1.54, 1.807) is 0 Å². The first-order chi connectivity index (χ1) is 14.9. The molecule has 0 unspecified atom stereocenters. The zero-order valence-corrected chi connectivity index (χ0v) is 18.1. The smallest absolute Gasteiger partial charge is 0.145 e. The molecule has 0 saturated carbocycles. The number of benzene rings is 3. The molecular weight excluding hydrogens is 382 g/mol. The minimum Gasteiger partial charge on any atom is -0.463 e. The van der Waals surface area contributed by atoms with E-state index in [4.69, 9.17) is 13.8 Å². The summed E-state index contributed by atoms with van der Waals surface area (Å²) in [5, 5.41) is 5.61. The van der Waals surface area contributed by atoms with E-state index >= 15 is 0 Å². The van der Waals surface area contributed by atoms with Gasteiger partial charge in [0, 0.05) is 17.1 Å². The van der Waals surface area contributed by atoms with E-state index in [1.165, 1.54) is 16.3 Å². The molecule has 0 saturated heterocycles. The monoisotopic (exact) mass is 405 g/mol. The standard InChI is InChI=1S/C28H23NO2/c1-16-15-30-27-19(16)9-10-22-25(27)24-23(31-22)11-12-29-26(24)18-13-17-7-5-6-8-20(17)21(14-18)28(2,3)4/h5-15H,1-4H3. The van der Waals surface area contributed by atoms with E-state index in [-0.39, 0.29) is 5.41 Å². The minimum absolute atomic E-state index is 0.00731. The summed E-state index contributed by atoms with van der Waals surface area (Å²) >= 11 is 0. The van der Waals surface area contributed by atoms with Crippen molar-refractivity contribution in [2.45, 2.75) is 33.1 Å². The van der Waals surface area contributed by atoms with Gasteiger partial charge in [-0.15, -0.1) is 0 Å². The highest BCUT2D eigenvalue weighted by Gasteiger charge is 2.22. The van der Waals surface area contributed by atoms with Gasteiger partial charge in [-0.3, -0.25) is 4.98 Å². The van der Waals surface area contributed by atoms with Crippen LogP contribution in [0.4, 0.5) is 0 Å². The Morgan fingerprint density at radius 1 is 0.839 bits per heavy atom.